The molecular formula is C49H35N3O2. The van der Waals surface area contributed by atoms with Gasteiger partial charge in [-0.05, 0) is 87.5 Å². The van der Waals surface area contributed by atoms with Crippen molar-refractivity contribution in [3.05, 3.63) is 175 Å². The highest BCUT2D eigenvalue weighted by Crippen LogP contribution is 2.58. The molecule has 1 aromatic heterocycles. The molecule has 2 N–H and O–H groups in total. The zero-order chi connectivity index (χ0) is 36.4. The van der Waals surface area contributed by atoms with E-state index in [1.165, 1.54) is 16.7 Å². The summed E-state index contributed by atoms with van der Waals surface area (Å²) < 4.78 is 13.2. The predicted octanol–water partition coefficient (Wildman–Crippen LogP) is 12.6. The lowest BCUT2D eigenvalue weighted by atomic mass is 9.82. The second-order valence-corrected chi connectivity index (χ2v) is 14.5. The van der Waals surface area contributed by atoms with Crippen LogP contribution in [0.5, 0.6) is 23.0 Å². The largest absolute Gasteiger partial charge is 0.449 e. The highest BCUT2D eigenvalue weighted by Gasteiger charge is 2.39. The number of nitrogens with two attached hydrogens (primary N) is 1. The van der Waals surface area contributed by atoms with Gasteiger partial charge in [0.05, 0.1) is 11.4 Å². The SMILES string of the molecule is CC1(C)c2ccccc2-c2c1ccc1c2Oc2ccc(-c3cccc(-c4cc(-c5cccc(-c6cccc(N)c6)c5)nc(-c5ccccc5)n4)c3)cc2O1. The van der Waals surface area contributed by atoms with Crippen molar-refractivity contribution in [3.63, 3.8) is 0 Å². The second-order valence-electron chi connectivity index (χ2n) is 14.5. The zero-order valence-corrected chi connectivity index (χ0v) is 29.9. The molecule has 5 nitrogen and oxygen atoms in total. The number of anilines is 1. The van der Waals surface area contributed by atoms with E-state index in [4.69, 9.17) is 25.2 Å². The Labute approximate surface area is 314 Å². The number of nitrogens with zero attached hydrogens (tertiary/aromatic N) is 2. The van der Waals surface area contributed by atoms with E-state index in [1.807, 2.05) is 60.7 Å². The van der Waals surface area contributed by atoms with Crippen molar-refractivity contribution in [1.29, 1.82) is 0 Å². The van der Waals surface area contributed by atoms with Crippen molar-refractivity contribution in [3.8, 4) is 90.3 Å². The fourth-order valence-corrected chi connectivity index (χ4v) is 7.90. The summed E-state index contributed by atoms with van der Waals surface area (Å²) in [6.07, 6.45) is 0. The topological polar surface area (TPSA) is 70.3 Å². The van der Waals surface area contributed by atoms with Gasteiger partial charge in [0.2, 0.25) is 0 Å². The first-order chi connectivity index (χ1) is 26.4. The van der Waals surface area contributed by atoms with Gasteiger partial charge in [0, 0.05) is 33.4 Å². The average molecular weight is 698 g/mol. The Balaban J connectivity index is 1.02. The van der Waals surface area contributed by atoms with Gasteiger partial charge in [-0.3, -0.25) is 0 Å². The fraction of sp³-hybridized carbons (Fsp3) is 0.0612. The van der Waals surface area contributed by atoms with Gasteiger partial charge in [0.1, 0.15) is 0 Å². The molecule has 258 valence electrons. The van der Waals surface area contributed by atoms with E-state index < -0.39 is 0 Å². The van der Waals surface area contributed by atoms with Crippen molar-refractivity contribution in [2.24, 2.45) is 0 Å². The molecule has 7 aromatic carbocycles. The first kappa shape index (κ1) is 31.7. The van der Waals surface area contributed by atoms with Crippen LogP contribution < -0.4 is 15.2 Å². The minimum atomic E-state index is -0.118. The van der Waals surface area contributed by atoms with Crippen LogP contribution in [0.3, 0.4) is 0 Å². The highest BCUT2D eigenvalue weighted by atomic mass is 16.6. The summed E-state index contributed by atoms with van der Waals surface area (Å²) in [4.78, 5) is 10.2. The molecule has 54 heavy (non-hydrogen) atoms. The van der Waals surface area contributed by atoms with Crippen LogP contribution in [0.15, 0.2) is 164 Å². The Bertz CT molecular complexity index is 2770. The molecule has 0 amide bonds. The minimum Gasteiger partial charge on any atom is -0.449 e. The van der Waals surface area contributed by atoms with E-state index >= 15 is 0 Å². The van der Waals surface area contributed by atoms with Crippen LogP contribution in [0.4, 0.5) is 5.69 Å². The van der Waals surface area contributed by atoms with Crippen LogP contribution in [0, 0.1) is 0 Å². The number of nitrogen functional groups attached to an aromatic ring is 1. The standard InChI is InChI=1S/C49H35N3O2/c1-49(2)39-20-7-6-19-38(39)46-40(49)22-24-44-47(46)54-43-23-21-34(28-45(43)53-44)32-14-9-17-36(26-32)42-29-41(51-48(52-42)30-11-4-3-5-12-30)35-16-8-13-31(25-35)33-15-10-18-37(50)27-33/h3-29H,50H2,1-2H3. The smallest absolute Gasteiger partial charge is 0.178 e. The van der Waals surface area contributed by atoms with Crippen LogP contribution in [-0.4, -0.2) is 9.97 Å². The summed E-state index contributed by atoms with van der Waals surface area (Å²) in [6.45, 7) is 4.54. The number of hydrogen-bond acceptors (Lipinski definition) is 5. The summed E-state index contributed by atoms with van der Waals surface area (Å²) in [7, 11) is 0. The number of ether oxygens (including phenoxy) is 2. The van der Waals surface area contributed by atoms with Gasteiger partial charge in [-0.15, -0.1) is 0 Å². The van der Waals surface area contributed by atoms with Crippen molar-refractivity contribution in [2.45, 2.75) is 19.3 Å². The molecule has 0 radical (unpaired) electrons. The van der Waals surface area contributed by atoms with Gasteiger partial charge < -0.3 is 15.2 Å². The molecule has 8 aromatic rings. The van der Waals surface area contributed by atoms with Crippen LogP contribution in [0.25, 0.3) is 67.3 Å². The van der Waals surface area contributed by atoms with Crippen molar-refractivity contribution < 1.29 is 9.47 Å². The summed E-state index contributed by atoms with van der Waals surface area (Å²) in [6, 6.07) is 56.0. The van der Waals surface area contributed by atoms with Crippen LogP contribution >= 0.6 is 0 Å². The van der Waals surface area contributed by atoms with E-state index in [-0.39, 0.29) is 5.41 Å². The molecule has 0 saturated heterocycles. The van der Waals surface area contributed by atoms with Crippen LogP contribution in [0.1, 0.15) is 25.0 Å². The molecule has 1 aliphatic carbocycles. The van der Waals surface area contributed by atoms with Gasteiger partial charge in [0.15, 0.2) is 28.8 Å². The highest BCUT2D eigenvalue weighted by molar-refractivity contribution is 5.88. The maximum atomic E-state index is 6.66. The zero-order valence-electron chi connectivity index (χ0n) is 29.9. The van der Waals surface area contributed by atoms with E-state index in [9.17, 15) is 0 Å². The molecule has 1 aliphatic heterocycles. The summed E-state index contributed by atoms with van der Waals surface area (Å²) in [5.74, 6) is 3.55. The van der Waals surface area contributed by atoms with E-state index in [1.54, 1.807) is 0 Å². The molecule has 0 bridgehead atoms. The predicted molar refractivity (Wildman–Crippen MR) is 218 cm³/mol. The molecule has 2 aliphatic rings. The molecule has 0 atom stereocenters. The molecular weight excluding hydrogens is 663 g/mol. The minimum absolute atomic E-state index is 0.118. The number of fused-ring (bicyclic) bond motifs is 6. The van der Waals surface area contributed by atoms with E-state index in [0.717, 1.165) is 73.1 Å². The summed E-state index contributed by atoms with van der Waals surface area (Å²) in [5.41, 5.74) is 20.4. The van der Waals surface area contributed by atoms with E-state index in [0.29, 0.717) is 17.3 Å². The third kappa shape index (κ3) is 5.32. The van der Waals surface area contributed by atoms with Gasteiger partial charge in [-0.2, -0.15) is 0 Å². The van der Waals surface area contributed by atoms with Gasteiger partial charge in [-0.1, -0.05) is 129 Å². The summed E-state index contributed by atoms with van der Waals surface area (Å²) >= 11 is 0. The second kappa shape index (κ2) is 12.3. The fourth-order valence-electron chi connectivity index (χ4n) is 7.90. The van der Waals surface area contributed by atoms with Crippen molar-refractivity contribution in [1.82, 2.24) is 9.97 Å². The maximum absolute atomic E-state index is 6.66. The Morgan fingerprint density at radius 2 is 1.04 bits per heavy atom. The third-order valence-corrected chi connectivity index (χ3v) is 10.7. The third-order valence-electron chi connectivity index (χ3n) is 10.7. The first-order valence-electron chi connectivity index (χ1n) is 18.2. The lowest BCUT2D eigenvalue weighted by molar-refractivity contribution is 0.360. The quantitative estimate of drug-likeness (QED) is 0.181. The van der Waals surface area contributed by atoms with Crippen molar-refractivity contribution >= 4 is 5.69 Å². The maximum Gasteiger partial charge on any atom is 0.178 e. The Morgan fingerprint density at radius 3 is 1.76 bits per heavy atom. The van der Waals surface area contributed by atoms with Crippen LogP contribution in [0.2, 0.25) is 0 Å². The van der Waals surface area contributed by atoms with Crippen LogP contribution in [-0.2, 0) is 5.41 Å². The summed E-state index contributed by atoms with van der Waals surface area (Å²) in [5, 5.41) is 0. The Hall–Kier alpha value is -6.98. The molecule has 0 saturated carbocycles. The lowest BCUT2D eigenvalue weighted by Gasteiger charge is -2.25. The molecule has 5 heteroatoms. The van der Waals surface area contributed by atoms with E-state index in [2.05, 4.69) is 117 Å². The average Bonchev–Trinajstić information content (AvgIpc) is 3.46. The number of hydrogen-bond donors (Lipinski definition) is 1. The first-order valence-corrected chi connectivity index (χ1v) is 18.2. The number of aromatic nitrogens is 2. The van der Waals surface area contributed by atoms with Gasteiger partial charge in [0.25, 0.3) is 0 Å². The lowest BCUT2D eigenvalue weighted by Crippen LogP contribution is -2.15. The normalized spacial score (nSPS) is 13.1. The number of rotatable bonds is 5. The Morgan fingerprint density at radius 1 is 0.444 bits per heavy atom. The molecule has 0 spiro atoms. The molecule has 0 fully saturated rings. The monoisotopic (exact) mass is 697 g/mol. The molecule has 10 rings (SSSR count). The van der Waals surface area contributed by atoms with Gasteiger partial charge >= 0.3 is 0 Å². The van der Waals surface area contributed by atoms with Crippen molar-refractivity contribution in [2.75, 3.05) is 5.73 Å². The number of benzene rings is 7. The van der Waals surface area contributed by atoms with Gasteiger partial charge in [-0.25, -0.2) is 9.97 Å². The molecule has 0 unspecified atom stereocenters. The molecule has 2 heterocycles. The Kier molecular flexibility index (Phi) is 7.24.